The highest BCUT2D eigenvalue weighted by molar-refractivity contribution is 5.79. The Balaban J connectivity index is 1.45. The molecule has 1 aliphatic heterocycles. The van der Waals surface area contributed by atoms with E-state index in [1.54, 1.807) is 0 Å². The van der Waals surface area contributed by atoms with E-state index >= 15 is 0 Å². The van der Waals surface area contributed by atoms with Crippen molar-refractivity contribution in [3.63, 3.8) is 0 Å². The molecule has 5 aliphatic rings. The van der Waals surface area contributed by atoms with E-state index in [1.165, 1.54) is 38.5 Å². The summed E-state index contributed by atoms with van der Waals surface area (Å²) in [6.45, 7) is 6.25. The van der Waals surface area contributed by atoms with E-state index in [9.17, 15) is 4.79 Å². The third-order valence-electron chi connectivity index (χ3n) is 7.01. The number of carbonyl (C=O) groups excluding carboxylic acids is 1. The van der Waals surface area contributed by atoms with E-state index in [0.717, 1.165) is 25.3 Å². The molecule has 0 spiro atoms. The van der Waals surface area contributed by atoms with Gasteiger partial charge in [-0.3, -0.25) is 4.79 Å². The smallest absolute Gasteiger partial charge is 0.237 e. The van der Waals surface area contributed by atoms with Crippen LogP contribution in [0.25, 0.3) is 0 Å². The van der Waals surface area contributed by atoms with E-state index in [0.29, 0.717) is 17.4 Å². The van der Waals surface area contributed by atoms with Gasteiger partial charge in [0.1, 0.15) is 0 Å². The van der Waals surface area contributed by atoms with Gasteiger partial charge in [0.05, 0.1) is 12.6 Å². The van der Waals surface area contributed by atoms with Gasteiger partial charge >= 0.3 is 0 Å². The maximum absolute atomic E-state index is 12.6. The summed E-state index contributed by atoms with van der Waals surface area (Å²) in [5.74, 6) is 3.84. The van der Waals surface area contributed by atoms with Crippen LogP contribution in [0.3, 0.4) is 0 Å². The van der Waals surface area contributed by atoms with Gasteiger partial charge in [-0.1, -0.05) is 19.8 Å². The molecule has 1 N–H and O–H groups in total. The molecule has 4 aliphatic carbocycles. The first-order valence-corrected chi connectivity index (χ1v) is 9.35. The second kappa shape index (κ2) is 4.99. The third-order valence-corrected chi connectivity index (χ3v) is 7.01. The Morgan fingerprint density at radius 1 is 1.22 bits per heavy atom. The van der Waals surface area contributed by atoms with Gasteiger partial charge in [0.25, 0.3) is 0 Å². The molecule has 4 saturated carbocycles. The molecule has 126 valence electrons. The molecule has 3 nitrogen and oxygen atoms in total. The van der Waals surface area contributed by atoms with E-state index in [4.69, 9.17) is 6.42 Å². The Kier molecular flexibility index (Phi) is 3.37. The number of nitrogens with one attached hydrogen (secondary N) is 1. The van der Waals surface area contributed by atoms with E-state index < -0.39 is 0 Å². The maximum atomic E-state index is 12.6. The Morgan fingerprint density at radius 3 is 2.52 bits per heavy atom. The van der Waals surface area contributed by atoms with Crippen molar-refractivity contribution in [3.8, 4) is 12.3 Å². The van der Waals surface area contributed by atoms with E-state index in [2.05, 4.69) is 25.1 Å². The van der Waals surface area contributed by atoms with Gasteiger partial charge in [-0.25, -0.2) is 0 Å². The summed E-state index contributed by atoms with van der Waals surface area (Å²) in [4.78, 5) is 14.5. The molecule has 5 fully saturated rings. The van der Waals surface area contributed by atoms with Crippen molar-refractivity contribution < 1.29 is 4.79 Å². The highest BCUT2D eigenvalue weighted by Gasteiger charge is 2.59. The van der Waals surface area contributed by atoms with Crippen molar-refractivity contribution in [2.24, 2.45) is 16.7 Å². The summed E-state index contributed by atoms with van der Waals surface area (Å²) in [6.07, 6.45) is 15.5. The molecule has 3 heteroatoms. The molecule has 1 heterocycles. The predicted octanol–water partition coefficient (Wildman–Crippen LogP) is 2.95. The first kappa shape index (κ1) is 15.5. The van der Waals surface area contributed by atoms with Gasteiger partial charge in [-0.05, 0) is 68.1 Å². The summed E-state index contributed by atoms with van der Waals surface area (Å²) in [6, 6.07) is 0.0238. The second-order valence-electron chi connectivity index (χ2n) is 9.68. The fourth-order valence-electron chi connectivity index (χ4n) is 7.25. The number of hydrogen-bond acceptors (Lipinski definition) is 2. The van der Waals surface area contributed by atoms with Gasteiger partial charge in [0.2, 0.25) is 5.91 Å². The SMILES string of the molecule is C#C[C@@H]1CCCN1C(=O)CNC12CC3CC(C)(CC(C)(C3)C1)C2. The van der Waals surface area contributed by atoms with Crippen LogP contribution < -0.4 is 5.32 Å². The zero-order valence-electron chi connectivity index (χ0n) is 14.7. The Morgan fingerprint density at radius 2 is 1.91 bits per heavy atom. The van der Waals surface area contributed by atoms with Crippen LogP contribution in [-0.4, -0.2) is 35.5 Å². The van der Waals surface area contributed by atoms with Crippen molar-refractivity contribution in [1.82, 2.24) is 10.2 Å². The van der Waals surface area contributed by atoms with Crippen molar-refractivity contribution in [1.29, 1.82) is 0 Å². The highest BCUT2D eigenvalue weighted by Crippen LogP contribution is 2.66. The molecule has 4 bridgehead atoms. The van der Waals surface area contributed by atoms with Crippen LogP contribution in [0.2, 0.25) is 0 Å². The van der Waals surface area contributed by atoms with Crippen molar-refractivity contribution >= 4 is 5.91 Å². The Hall–Kier alpha value is -1.01. The molecule has 0 aromatic rings. The molecule has 5 rings (SSSR count). The fraction of sp³-hybridized carbons (Fsp3) is 0.850. The van der Waals surface area contributed by atoms with Gasteiger partial charge in [0, 0.05) is 12.1 Å². The van der Waals surface area contributed by atoms with E-state index in [1.807, 2.05) is 4.90 Å². The molecule has 2 unspecified atom stereocenters. The Bertz CT molecular complexity index is 544. The average Bonchev–Trinajstić information content (AvgIpc) is 2.89. The minimum atomic E-state index is 0.0238. The lowest BCUT2D eigenvalue weighted by Crippen LogP contribution is -2.65. The quantitative estimate of drug-likeness (QED) is 0.812. The van der Waals surface area contributed by atoms with Crippen LogP contribution in [0, 0.1) is 29.1 Å². The summed E-state index contributed by atoms with van der Waals surface area (Å²) in [5.41, 5.74) is 1.17. The summed E-state index contributed by atoms with van der Waals surface area (Å²) in [5, 5.41) is 3.74. The lowest BCUT2D eigenvalue weighted by molar-refractivity contribution is -0.136. The number of carbonyl (C=O) groups is 1. The van der Waals surface area contributed by atoms with Crippen molar-refractivity contribution in [3.05, 3.63) is 0 Å². The van der Waals surface area contributed by atoms with Crippen molar-refractivity contribution in [2.45, 2.75) is 76.8 Å². The molecule has 23 heavy (non-hydrogen) atoms. The van der Waals surface area contributed by atoms with Crippen LogP contribution in [0.4, 0.5) is 0 Å². The molecular formula is C20H30N2O. The molecule has 0 radical (unpaired) electrons. The van der Waals surface area contributed by atoms with Crippen LogP contribution in [0.15, 0.2) is 0 Å². The number of hydrogen-bond donors (Lipinski definition) is 1. The van der Waals surface area contributed by atoms with E-state index in [-0.39, 0.29) is 17.5 Å². The number of rotatable bonds is 3. The molecule has 0 aromatic carbocycles. The normalized spacial score (nSPS) is 47.8. The van der Waals surface area contributed by atoms with Gasteiger partial charge in [-0.2, -0.15) is 0 Å². The van der Waals surface area contributed by atoms with Gasteiger partial charge in [-0.15, -0.1) is 6.42 Å². The molecule has 1 saturated heterocycles. The summed E-state index contributed by atoms with van der Waals surface area (Å²) < 4.78 is 0. The van der Waals surface area contributed by atoms with Crippen LogP contribution >= 0.6 is 0 Å². The van der Waals surface area contributed by atoms with Gasteiger partial charge < -0.3 is 10.2 Å². The maximum Gasteiger partial charge on any atom is 0.237 e. The number of amides is 1. The fourth-order valence-corrected chi connectivity index (χ4v) is 7.25. The third kappa shape index (κ3) is 2.60. The molecule has 3 atom stereocenters. The topological polar surface area (TPSA) is 32.3 Å². The highest BCUT2D eigenvalue weighted by atomic mass is 16.2. The number of terminal acetylenes is 1. The minimum Gasteiger partial charge on any atom is -0.328 e. The predicted molar refractivity (Wildman–Crippen MR) is 91.7 cm³/mol. The average molecular weight is 314 g/mol. The van der Waals surface area contributed by atoms with Crippen LogP contribution in [0.1, 0.15) is 65.2 Å². The van der Waals surface area contributed by atoms with Crippen LogP contribution in [-0.2, 0) is 4.79 Å². The monoisotopic (exact) mass is 314 g/mol. The Labute approximate surface area is 140 Å². The standard InChI is InChI=1S/C20H30N2O/c1-4-16-6-5-7-22(16)17(23)11-21-20-10-15-8-18(2,13-20)12-19(3,9-15)14-20/h1,15-16,21H,5-14H2,2-3H3/t15?,16-,18?,19?,20?/m1/s1. The first-order chi connectivity index (χ1) is 10.8. The lowest BCUT2D eigenvalue weighted by atomic mass is 9.43. The first-order valence-electron chi connectivity index (χ1n) is 9.35. The molecule has 1 amide bonds. The second-order valence-corrected chi connectivity index (χ2v) is 9.68. The largest absolute Gasteiger partial charge is 0.328 e. The lowest BCUT2D eigenvalue weighted by Gasteiger charge is -2.65. The molecular weight excluding hydrogens is 284 g/mol. The number of likely N-dealkylation sites (tertiary alicyclic amines) is 1. The zero-order valence-corrected chi connectivity index (χ0v) is 14.7. The summed E-state index contributed by atoms with van der Waals surface area (Å²) >= 11 is 0. The molecule has 0 aromatic heterocycles. The van der Waals surface area contributed by atoms with Crippen molar-refractivity contribution in [2.75, 3.05) is 13.1 Å². The number of nitrogens with zero attached hydrogens (tertiary/aromatic N) is 1. The minimum absolute atomic E-state index is 0.0238. The van der Waals surface area contributed by atoms with Crippen LogP contribution in [0.5, 0.6) is 0 Å². The van der Waals surface area contributed by atoms with Gasteiger partial charge in [0.15, 0.2) is 0 Å². The zero-order chi connectivity index (χ0) is 16.3. The summed E-state index contributed by atoms with van der Waals surface area (Å²) in [7, 11) is 0.